The predicted molar refractivity (Wildman–Crippen MR) is 120 cm³/mol. The lowest BCUT2D eigenvalue weighted by Gasteiger charge is -2.11. The van der Waals surface area contributed by atoms with E-state index in [4.69, 9.17) is 9.47 Å². The predicted octanol–water partition coefficient (Wildman–Crippen LogP) is 6.32. The molecule has 0 saturated heterocycles. The second-order valence-electron chi connectivity index (χ2n) is 7.29. The Morgan fingerprint density at radius 3 is 2.13 bits per heavy atom. The van der Waals surface area contributed by atoms with Crippen molar-refractivity contribution in [1.29, 1.82) is 0 Å². The van der Waals surface area contributed by atoms with Gasteiger partial charge in [-0.1, -0.05) is 44.2 Å². The third kappa shape index (κ3) is 5.80. The van der Waals surface area contributed by atoms with Crippen molar-refractivity contribution in [3.05, 3.63) is 94.0 Å². The molecule has 0 aliphatic carbocycles. The number of hydrogen-bond donors (Lipinski definition) is 0. The Kier molecular flexibility index (Phi) is 7.41. The van der Waals surface area contributed by atoms with Gasteiger partial charge in [0.2, 0.25) is 0 Å². The Morgan fingerprint density at radius 1 is 0.867 bits per heavy atom. The van der Waals surface area contributed by atoms with Crippen LogP contribution >= 0.6 is 15.9 Å². The van der Waals surface area contributed by atoms with E-state index in [1.165, 1.54) is 0 Å². The van der Waals surface area contributed by atoms with Gasteiger partial charge in [0.05, 0.1) is 16.6 Å². The van der Waals surface area contributed by atoms with Crippen LogP contribution in [0.2, 0.25) is 0 Å². The van der Waals surface area contributed by atoms with Crippen LogP contribution < -0.4 is 9.47 Å². The van der Waals surface area contributed by atoms with E-state index in [-0.39, 0.29) is 5.78 Å². The molecule has 0 aromatic heterocycles. The minimum absolute atomic E-state index is 0.0783. The highest BCUT2D eigenvalue weighted by atomic mass is 79.9. The van der Waals surface area contributed by atoms with Gasteiger partial charge in [-0.25, -0.2) is 4.79 Å². The molecule has 0 aliphatic rings. The first-order valence-electron chi connectivity index (χ1n) is 9.78. The average molecular weight is 467 g/mol. The molecule has 0 spiro atoms. The van der Waals surface area contributed by atoms with E-state index in [1.54, 1.807) is 54.6 Å². The minimum Gasteiger partial charge on any atom is -0.492 e. The molecule has 30 heavy (non-hydrogen) atoms. The molecule has 0 fully saturated rings. The Labute approximate surface area is 185 Å². The van der Waals surface area contributed by atoms with Crippen molar-refractivity contribution in [3.8, 4) is 11.5 Å². The van der Waals surface area contributed by atoms with E-state index >= 15 is 0 Å². The van der Waals surface area contributed by atoms with Gasteiger partial charge in [-0.3, -0.25) is 4.79 Å². The molecule has 0 atom stereocenters. The lowest BCUT2D eigenvalue weighted by atomic mass is 10.0. The number of halogens is 1. The normalized spacial score (nSPS) is 10.7. The maximum Gasteiger partial charge on any atom is 0.343 e. The van der Waals surface area contributed by atoms with Crippen molar-refractivity contribution in [3.63, 3.8) is 0 Å². The SMILES string of the molecule is CC(C)CCOc1ccc(C(=O)Oc2ccc(C(=O)c3ccccc3)cc2)cc1Br. The number of carbonyl (C=O) groups is 2. The zero-order valence-electron chi connectivity index (χ0n) is 16.9. The highest BCUT2D eigenvalue weighted by molar-refractivity contribution is 9.10. The van der Waals surface area contributed by atoms with E-state index < -0.39 is 5.97 Å². The first kappa shape index (κ1) is 21.8. The second kappa shape index (κ2) is 10.2. The lowest BCUT2D eigenvalue weighted by Crippen LogP contribution is -2.09. The molecule has 0 unspecified atom stereocenters. The molecule has 4 nitrogen and oxygen atoms in total. The number of benzene rings is 3. The van der Waals surface area contributed by atoms with Gasteiger partial charge in [-0.2, -0.15) is 0 Å². The minimum atomic E-state index is -0.480. The molecule has 0 amide bonds. The van der Waals surface area contributed by atoms with Crippen LogP contribution in [0.4, 0.5) is 0 Å². The highest BCUT2D eigenvalue weighted by Gasteiger charge is 2.13. The number of ether oxygens (including phenoxy) is 2. The van der Waals surface area contributed by atoms with Crippen LogP contribution in [0.15, 0.2) is 77.3 Å². The van der Waals surface area contributed by atoms with Crippen LogP contribution in [0.5, 0.6) is 11.5 Å². The van der Waals surface area contributed by atoms with Crippen LogP contribution in [-0.4, -0.2) is 18.4 Å². The Bertz CT molecular complexity index is 1010. The summed E-state index contributed by atoms with van der Waals surface area (Å²) in [7, 11) is 0. The molecule has 0 radical (unpaired) electrons. The van der Waals surface area contributed by atoms with Gasteiger partial charge < -0.3 is 9.47 Å². The lowest BCUT2D eigenvalue weighted by molar-refractivity contribution is 0.0734. The van der Waals surface area contributed by atoms with Gasteiger partial charge in [0, 0.05) is 11.1 Å². The zero-order valence-corrected chi connectivity index (χ0v) is 18.5. The quantitative estimate of drug-likeness (QED) is 0.221. The number of ketones is 1. The van der Waals surface area contributed by atoms with Crippen molar-refractivity contribution in [2.75, 3.05) is 6.61 Å². The van der Waals surface area contributed by atoms with Crippen molar-refractivity contribution >= 4 is 27.7 Å². The van der Waals surface area contributed by atoms with Gasteiger partial charge in [-0.05, 0) is 70.7 Å². The summed E-state index contributed by atoms with van der Waals surface area (Å²) in [4.78, 5) is 24.9. The summed E-state index contributed by atoms with van der Waals surface area (Å²) in [5.74, 6) is 1.07. The molecule has 0 bridgehead atoms. The van der Waals surface area contributed by atoms with Crippen LogP contribution in [0.3, 0.4) is 0 Å². The fraction of sp³-hybridized carbons (Fsp3) is 0.200. The maximum atomic E-state index is 12.5. The van der Waals surface area contributed by atoms with Crippen molar-refractivity contribution < 1.29 is 19.1 Å². The van der Waals surface area contributed by atoms with Gasteiger partial charge in [0.1, 0.15) is 11.5 Å². The van der Waals surface area contributed by atoms with Crippen molar-refractivity contribution in [2.45, 2.75) is 20.3 Å². The monoisotopic (exact) mass is 466 g/mol. The first-order valence-corrected chi connectivity index (χ1v) is 10.6. The smallest absolute Gasteiger partial charge is 0.343 e. The Hall–Kier alpha value is -2.92. The number of hydrogen-bond acceptors (Lipinski definition) is 4. The van der Waals surface area contributed by atoms with E-state index in [0.717, 1.165) is 6.42 Å². The number of esters is 1. The summed E-state index contributed by atoms with van der Waals surface area (Å²) in [6.45, 7) is 4.90. The molecule has 0 saturated carbocycles. The van der Waals surface area contributed by atoms with Crippen LogP contribution in [0.1, 0.15) is 46.5 Å². The molecule has 0 N–H and O–H groups in total. The molecule has 0 aliphatic heterocycles. The molecule has 5 heteroatoms. The third-order valence-electron chi connectivity index (χ3n) is 4.48. The largest absolute Gasteiger partial charge is 0.492 e. The Balaban J connectivity index is 1.63. The topological polar surface area (TPSA) is 52.6 Å². The van der Waals surface area contributed by atoms with Gasteiger partial charge in [0.15, 0.2) is 5.78 Å². The average Bonchev–Trinajstić information content (AvgIpc) is 2.75. The summed E-state index contributed by atoms with van der Waals surface area (Å²) >= 11 is 3.45. The standard InChI is InChI=1S/C25H23BrO4/c1-17(2)14-15-29-23-13-10-20(16-22(23)26)25(28)30-21-11-8-19(9-12-21)24(27)18-6-4-3-5-7-18/h3-13,16-17H,14-15H2,1-2H3. The van der Waals surface area contributed by atoms with Crippen LogP contribution in [-0.2, 0) is 0 Å². The van der Waals surface area contributed by atoms with Crippen molar-refractivity contribution in [1.82, 2.24) is 0 Å². The summed E-state index contributed by atoms with van der Waals surface area (Å²) in [6, 6.07) is 20.7. The molecule has 0 heterocycles. The molecular formula is C25H23BrO4. The summed E-state index contributed by atoms with van der Waals surface area (Å²) in [5, 5.41) is 0. The van der Waals surface area contributed by atoms with E-state index in [2.05, 4.69) is 29.8 Å². The fourth-order valence-electron chi connectivity index (χ4n) is 2.75. The van der Waals surface area contributed by atoms with Gasteiger partial charge in [0.25, 0.3) is 0 Å². The van der Waals surface area contributed by atoms with E-state index in [1.807, 2.05) is 18.2 Å². The number of rotatable bonds is 8. The first-order chi connectivity index (χ1) is 14.4. The molecule has 3 aromatic rings. The Morgan fingerprint density at radius 2 is 1.50 bits per heavy atom. The summed E-state index contributed by atoms with van der Waals surface area (Å²) < 4.78 is 11.9. The zero-order chi connectivity index (χ0) is 21.5. The van der Waals surface area contributed by atoms with E-state index in [9.17, 15) is 9.59 Å². The van der Waals surface area contributed by atoms with Gasteiger partial charge >= 0.3 is 5.97 Å². The third-order valence-corrected chi connectivity index (χ3v) is 5.10. The second-order valence-corrected chi connectivity index (χ2v) is 8.14. The molecule has 154 valence electrons. The molecular weight excluding hydrogens is 444 g/mol. The fourth-order valence-corrected chi connectivity index (χ4v) is 3.24. The van der Waals surface area contributed by atoms with E-state index in [0.29, 0.717) is 45.2 Å². The van der Waals surface area contributed by atoms with Crippen molar-refractivity contribution in [2.24, 2.45) is 5.92 Å². The maximum absolute atomic E-state index is 12.5. The van der Waals surface area contributed by atoms with Crippen LogP contribution in [0, 0.1) is 5.92 Å². The summed E-state index contributed by atoms with van der Waals surface area (Å²) in [5.41, 5.74) is 1.55. The summed E-state index contributed by atoms with van der Waals surface area (Å²) in [6.07, 6.45) is 0.957. The molecule has 3 rings (SSSR count). The van der Waals surface area contributed by atoms with Crippen LogP contribution in [0.25, 0.3) is 0 Å². The number of carbonyl (C=O) groups excluding carboxylic acids is 2. The molecule has 3 aromatic carbocycles. The highest BCUT2D eigenvalue weighted by Crippen LogP contribution is 2.27. The van der Waals surface area contributed by atoms with Gasteiger partial charge in [-0.15, -0.1) is 0 Å².